The zero-order valence-electron chi connectivity index (χ0n) is 11.2. The Kier molecular flexibility index (Phi) is 4.31. The monoisotopic (exact) mass is 383 g/mol. The van der Waals surface area contributed by atoms with Crippen molar-refractivity contribution in [2.24, 2.45) is 0 Å². The summed E-state index contributed by atoms with van der Waals surface area (Å²) in [4.78, 5) is 0. The molecule has 1 aromatic heterocycles. The lowest BCUT2D eigenvalue weighted by Crippen LogP contribution is -2.18. The highest BCUT2D eigenvalue weighted by atomic mass is 79.9. The van der Waals surface area contributed by atoms with Crippen LogP contribution < -0.4 is 5.32 Å². The molecule has 0 saturated heterocycles. The van der Waals surface area contributed by atoms with Gasteiger partial charge in [0.15, 0.2) is 0 Å². The maximum absolute atomic E-state index is 14.3. The minimum absolute atomic E-state index is 0.147. The Morgan fingerprint density at radius 3 is 2.71 bits per heavy atom. The first-order chi connectivity index (χ1) is 10.1. The Morgan fingerprint density at radius 1 is 1.19 bits per heavy atom. The molecule has 0 aliphatic heterocycles. The molecule has 0 spiro atoms. The Bertz CT molecular complexity index is 802. The molecular formula is C16H12BrClFNS. The smallest absolute Gasteiger partial charge is 0.146 e. The van der Waals surface area contributed by atoms with Crippen molar-refractivity contribution in [1.29, 1.82) is 0 Å². The lowest BCUT2D eigenvalue weighted by Gasteiger charge is -2.17. The van der Waals surface area contributed by atoms with Crippen LogP contribution in [0.5, 0.6) is 0 Å². The Morgan fingerprint density at radius 2 is 1.95 bits per heavy atom. The summed E-state index contributed by atoms with van der Waals surface area (Å²) >= 11 is 11.1. The summed E-state index contributed by atoms with van der Waals surface area (Å²) in [5.41, 5.74) is 1.62. The van der Waals surface area contributed by atoms with E-state index in [0.29, 0.717) is 5.56 Å². The standard InChI is InChI=1S/C16H12BrClFNS/c1-20-15(10-5-3-7-13(18)14(10)19)11-8-21-16-9(11)4-2-6-12(16)17/h2-8,15,20H,1H3. The lowest BCUT2D eigenvalue weighted by molar-refractivity contribution is 0.578. The van der Waals surface area contributed by atoms with E-state index >= 15 is 0 Å². The van der Waals surface area contributed by atoms with Gasteiger partial charge in [-0.1, -0.05) is 35.9 Å². The Labute approximate surface area is 139 Å². The number of halogens is 3. The van der Waals surface area contributed by atoms with Crippen LogP contribution in [0.2, 0.25) is 5.02 Å². The van der Waals surface area contributed by atoms with Gasteiger partial charge in [0, 0.05) is 14.7 Å². The molecule has 0 amide bonds. The van der Waals surface area contributed by atoms with Gasteiger partial charge in [-0.05, 0) is 51.4 Å². The van der Waals surface area contributed by atoms with Crippen LogP contribution in [0.25, 0.3) is 10.1 Å². The van der Waals surface area contributed by atoms with Gasteiger partial charge < -0.3 is 5.32 Å². The van der Waals surface area contributed by atoms with E-state index in [9.17, 15) is 4.39 Å². The van der Waals surface area contributed by atoms with Gasteiger partial charge in [0.25, 0.3) is 0 Å². The van der Waals surface area contributed by atoms with Crippen molar-refractivity contribution >= 4 is 49.0 Å². The van der Waals surface area contributed by atoms with E-state index in [0.717, 1.165) is 20.1 Å². The average molecular weight is 385 g/mol. The van der Waals surface area contributed by atoms with Gasteiger partial charge in [-0.3, -0.25) is 0 Å². The van der Waals surface area contributed by atoms with E-state index in [-0.39, 0.29) is 16.9 Å². The molecule has 21 heavy (non-hydrogen) atoms. The number of hydrogen-bond acceptors (Lipinski definition) is 2. The summed E-state index contributed by atoms with van der Waals surface area (Å²) in [5.74, 6) is -0.368. The molecule has 0 radical (unpaired) electrons. The molecule has 1 N–H and O–H groups in total. The van der Waals surface area contributed by atoms with E-state index in [1.807, 2.05) is 19.2 Å². The van der Waals surface area contributed by atoms with Gasteiger partial charge in [-0.25, -0.2) is 4.39 Å². The molecule has 0 bridgehead atoms. The molecule has 0 fully saturated rings. The molecule has 0 aliphatic rings. The fourth-order valence-electron chi connectivity index (χ4n) is 2.49. The summed E-state index contributed by atoms with van der Waals surface area (Å²) in [7, 11) is 1.83. The predicted molar refractivity (Wildman–Crippen MR) is 91.8 cm³/mol. The topological polar surface area (TPSA) is 12.0 Å². The summed E-state index contributed by atoms with van der Waals surface area (Å²) in [6.07, 6.45) is 0. The molecular weight excluding hydrogens is 373 g/mol. The maximum Gasteiger partial charge on any atom is 0.146 e. The van der Waals surface area contributed by atoms with E-state index in [2.05, 4.69) is 32.7 Å². The molecule has 1 nitrogen and oxygen atoms in total. The minimum atomic E-state index is -0.368. The van der Waals surface area contributed by atoms with Crippen LogP contribution in [0, 0.1) is 5.82 Å². The van der Waals surface area contributed by atoms with Gasteiger partial charge in [0.2, 0.25) is 0 Å². The largest absolute Gasteiger partial charge is 0.309 e. The lowest BCUT2D eigenvalue weighted by atomic mass is 9.98. The third-order valence-electron chi connectivity index (χ3n) is 3.47. The third kappa shape index (κ3) is 2.61. The number of benzene rings is 2. The molecule has 3 rings (SSSR count). The van der Waals surface area contributed by atoms with Crippen LogP contribution in [0.3, 0.4) is 0 Å². The number of thiophene rings is 1. The second-order valence-electron chi connectivity index (χ2n) is 4.67. The van der Waals surface area contributed by atoms with Crippen LogP contribution in [-0.4, -0.2) is 7.05 Å². The quantitative estimate of drug-likeness (QED) is 0.605. The van der Waals surface area contributed by atoms with Crippen molar-refractivity contribution in [3.63, 3.8) is 0 Å². The van der Waals surface area contributed by atoms with Gasteiger partial charge in [-0.2, -0.15) is 0 Å². The fraction of sp³-hybridized carbons (Fsp3) is 0.125. The third-order valence-corrected chi connectivity index (χ3v) is 5.74. The Balaban J connectivity index is 2.19. The van der Waals surface area contributed by atoms with E-state index in [1.54, 1.807) is 29.5 Å². The zero-order valence-corrected chi connectivity index (χ0v) is 14.3. The first-order valence-corrected chi connectivity index (χ1v) is 8.45. The molecule has 1 unspecified atom stereocenters. The fourth-order valence-corrected chi connectivity index (χ4v) is 4.32. The predicted octanol–water partition coefficient (Wildman–Crippen LogP) is 5.77. The summed E-state index contributed by atoms with van der Waals surface area (Å²) < 4.78 is 16.5. The van der Waals surface area contributed by atoms with E-state index in [4.69, 9.17) is 11.6 Å². The highest BCUT2D eigenvalue weighted by molar-refractivity contribution is 9.10. The minimum Gasteiger partial charge on any atom is -0.309 e. The number of fused-ring (bicyclic) bond motifs is 1. The molecule has 0 aliphatic carbocycles. The second-order valence-corrected chi connectivity index (χ2v) is 6.81. The number of hydrogen-bond donors (Lipinski definition) is 1. The van der Waals surface area contributed by atoms with Crippen molar-refractivity contribution < 1.29 is 4.39 Å². The SMILES string of the molecule is CNC(c1cccc(Cl)c1F)c1csc2c(Br)cccc12. The number of rotatable bonds is 3. The van der Waals surface area contributed by atoms with Crippen LogP contribution in [0.4, 0.5) is 4.39 Å². The molecule has 1 atom stereocenters. The highest BCUT2D eigenvalue weighted by Crippen LogP contribution is 2.38. The molecule has 0 saturated carbocycles. The normalized spacial score (nSPS) is 12.8. The number of nitrogens with one attached hydrogen (secondary N) is 1. The van der Waals surface area contributed by atoms with E-state index < -0.39 is 0 Å². The van der Waals surface area contributed by atoms with Crippen LogP contribution in [-0.2, 0) is 0 Å². The van der Waals surface area contributed by atoms with Gasteiger partial charge in [-0.15, -0.1) is 11.3 Å². The second kappa shape index (κ2) is 6.05. The molecule has 5 heteroatoms. The first-order valence-electron chi connectivity index (χ1n) is 6.40. The molecule has 108 valence electrons. The summed E-state index contributed by atoms with van der Waals surface area (Å²) in [5, 5.41) is 6.52. The van der Waals surface area contributed by atoms with Crippen LogP contribution in [0.1, 0.15) is 17.2 Å². The van der Waals surface area contributed by atoms with Gasteiger partial charge in [0.1, 0.15) is 5.82 Å². The van der Waals surface area contributed by atoms with Gasteiger partial charge >= 0.3 is 0 Å². The summed E-state index contributed by atoms with van der Waals surface area (Å²) in [6.45, 7) is 0. The Hall–Kier alpha value is -0.940. The first kappa shape index (κ1) is 15.0. The van der Waals surface area contributed by atoms with Gasteiger partial charge in [0.05, 0.1) is 11.1 Å². The van der Waals surface area contributed by atoms with Crippen molar-refractivity contribution in [1.82, 2.24) is 5.32 Å². The van der Waals surface area contributed by atoms with Crippen molar-refractivity contribution in [2.45, 2.75) is 6.04 Å². The van der Waals surface area contributed by atoms with E-state index in [1.165, 1.54) is 0 Å². The maximum atomic E-state index is 14.3. The van der Waals surface area contributed by atoms with Crippen molar-refractivity contribution in [3.05, 3.63) is 68.2 Å². The van der Waals surface area contributed by atoms with Crippen LogP contribution >= 0.6 is 38.9 Å². The zero-order chi connectivity index (χ0) is 15.0. The van der Waals surface area contributed by atoms with Crippen molar-refractivity contribution in [3.8, 4) is 0 Å². The molecule has 2 aromatic carbocycles. The average Bonchev–Trinajstić information content (AvgIpc) is 2.90. The molecule has 3 aromatic rings. The molecule has 1 heterocycles. The van der Waals surface area contributed by atoms with Crippen LogP contribution in [0.15, 0.2) is 46.3 Å². The summed E-state index contributed by atoms with van der Waals surface area (Å²) in [6, 6.07) is 10.9. The van der Waals surface area contributed by atoms with Crippen molar-refractivity contribution in [2.75, 3.05) is 7.05 Å². The highest BCUT2D eigenvalue weighted by Gasteiger charge is 2.21.